The van der Waals surface area contributed by atoms with Gasteiger partial charge in [-0.15, -0.1) is 0 Å². The van der Waals surface area contributed by atoms with Crippen molar-refractivity contribution in [3.05, 3.63) is 96.1 Å². The van der Waals surface area contributed by atoms with Crippen LogP contribution in [0, 0.1) is 0 Å². The van der Waals surface area contributed by atoms with E-state index in [1.807, 2.05) is 31.2 Å². The number of amides is 1. The average molecular weight is 421 g/mol. The molecule has 0 aliphatic carbocycles. The molecule has 0 aliphatic rings. The van der Waals surface area contributed by atoms with Crippen molar-refractivity contribution in [1.82, 2.24) is 15.3 Å². The number of nitrogens with one attached hydrogen (secondary N) is 1. The fourth-order valence-corrected chi connectivity index (χ4v) is 3.40. The van der Waals surface area contributed by atoms with E-state index in [0.717, 1.165) is 28.5 Å². The van der Waals surface area contributed by atoms with Crippen LogP contribution in [0.5, 0.6) is 0 Å². The SMILES string of the molecule is C[C@H](NC(=O)c1ccc2c(-c3ccc(C(F)(F)F)cc3)cccc2c1)c1cnccn1. The molecule has 0 saturated heterocycles. The minimum Gasteiger partial charge on any atom is -0.344 e. The van der Waals surface area contributed by atoms with Gasteiger partial charge in [-0.3, -0.25) is 14.8 Å². The highest BCUT2D eigenvalue weighted by atomic mass is 19.4. The largest absolute Gasteiger partial charge is 0.416 e. The van der Waals surface area contributed by atoms with Crippen molar-refractivity contribution in [3.63, 3.8) is 0 Å². The Morgan fingerprint density at radius 2 is 1.77 bits per heavy atom. The molecule has 1 heterocycles. The fraction of sp³-hybridized carbons (Fsp3) is 0.125. The highest BCUT2D eigenvalue weighted by molar-refractivity contribution is 6.02. The minimum absolute atomic E-state index is 0.250. The monoisotopic (exact) mass is 421 g/mol. The topological polar surface area (TPSA) is 54.9 Å². The van der Waals surface area contributed by atoms with Crippen molar-refractivity contribution in [3.8, 4) is 11.1 Å². The average Bonchev–Trinajstić information content (AvgIpc) is 2.78. The van der Waals surface area contributed by atoms with Crippen molar-refractivity contribution in [2.45, 2.75) is 19.1 Å². The van der Waals surface area contributed by atoms with Gasteiger partial charge >= 0.3 is 6.18 Å². The summed E-state index contributed by atoms with van der Waals surface area (Å²) in [6.45, 7) is 1.83. The molecule has 0 bridgehead atoms. The molecule has 0 radical (unpaired) electrons. The second-order valence-corrected chi connectivity index (χ2v) is 7.14. The summed E-state index contributed by atoms with van der Waals surface area (Å²) in [5, 5.41) is 4.56. The van der Waals surface area contributed by atoms with Gasteiger partial charge in [0.05, 0.1) is 23.5 Å². The molecule has 0 unspecified atom stereocenters. The van der Waals surface area contributed by atoms with E-state index in [0.29, 0.717) is 16.8 Å². The van der Waals surface area contributed by atoms with Crippen LogP contribution in [0.2, 0.25) is 0 Å². The highest BCUT2D eigenvalue weighted by Gasteiger charge is 2.30. The Balaban J connectivity index is 1.61. The summed E-state index contributed by atoms with van der Waals surface area (Å²) < 4.78 is 38.5. The van der Waals surface area contributed by atoms with Crippen LogP contribution in [0.3, 0.4) is 0 Å². The van der Waals surface area contributed by atoms with E-state index in [1.54, 1.807) is 30.7 Å². The molecule has 31 heavy (non-hydrogen) atoms. The number of benzene rings is 3. The lowest BCUT2D eigenvalue weighted by atomic mass is 9.96. The van der Waals surface area contributed by atoms with Crippen LogP contribution in [0.25, 0.3) is 21.9 Å². The van der Waals surface area contributed by atoms with Gasteiger partial charge in [-0.1, -0.05) is 36.4 Å². The van der Waals surface area contributed by atoms with Gasteiger partial charge in [0.1, 0.15) is 0 Å². The molecule has 156 valence electrons. The van der Waals surface area contributed by atoms with E-state index in [-0.39, 0.29) is 11.9 Å². The lowest BCUT2D eigenvalue weighted by Gasteiger charge is -2.14. The molecule has 3 aromatic carbocycles. The summed E-state index contributed by atoms with van der Waals surface area (Å²) >= 11 is 0. The summed E-state index contributed by atoms with van der Waals surface area (Å²) in [5.41, 5.74) is 1.92. The zero-order valence-electron chi connectivity index (χ0n) is 16.5. The van der Waals surface area contributed by atoms with Crippen LogP contribution in [0.1, 0.15) is 34.6 Å². The molecule has 1 aromatic heterocycles. The van der Waals surface area contributed by atoms with Gasteiger partial charge < -0.3 is 5.32 Å². The number of nitrogens with zero attached hydrogens (tertiary/aromatic N) is 2. The van der Waals surface area contributed by atoms with E-state index < -0.39 is 11.7 Å². The van der Waals surface area contributed by atoms with E-state index in [9.17, 15) is 18.0 Å². The highest BCUT2D eigenvalue weighted by Crippen LogP contribution is 2.33. The van der Waals surface area contributed by atoms with Crippen molar-refractivity contribution in [2.24, 2.45) is 0 Å². The van der Waals surface area contributed by atoms with Crippen molar-refractivity contribution in [1.29, 1.82) is 0 Å². The number of alkyl halides is 3. The van der Waals surface area contributed by atoms with Crippen LogP contribution in [-0.4, -0.2) is 15.9 Å². The zero-order chi connectivity index (χ0) is 22.0. The second-order valence-electron chi connectivity index (χ2n) is 7.14. The zero-order valence-corrected chi connectivity index (χ0v) is 16.5. The predicted molar refractivity (Wildman–Crippen MR) is 112 cm³/mol. The van der Waals surface area contributed by atoms with Crippen LogP contribution in [-0.2, 0) is 6.18 Å². The number of hydrogen-bond donors (Lipinski definition) is 1. The summed E-state index contributed by atoms with van der Waals surface area (Å²) in [6.07, 6.45) is 0.357. The Bertz CT molecular complexity index is 1220. The van der Waals surface area contributed by atoms with Crippen molar-refractivity contribution in [2.75, 3.05) is 0 Å². The Kier molecular flexibility index (Phi) is 5.42. The summed E-state index contributed by atoms with van der Waals surface area (Å²) in [6, 6.07) is 15.6. The van der Waals surface area contributed by atoms with Crippen LogP contribution < -0.4 is 5.32 Å². The number of hydrogen-bond acceptors (Lipinski definition) is 3. The van der Waals surface area contributed by atoms with Gasteiger partial charge in [0, 0.05) is 18.0 Å². The molecular weight excluding hydrogens is 403 g/mol. The first kappa shape index (κ1) is 20.5. The Morgan fingerprint density at radius 3 is 2.45 bits per heavy atom. The first-order valence-electron chi connectivity index (χ1n) is 9.60. The predicted octanol–water partition coefficient (Wildman–Crippen LogP) is 5.81. The maximum absolute atomic E-state index is 12.8. The lowest BCUT2D eigenvalue weighted by molar-refractivity contribution is -0.137. The maximum Gasteiger partial charge on any atom is 0.416 e. The molecule has 7 heteroatoms. The Morgan fingerprint density at radius 1 is 1.00 bits per heavy atom. The number of fused-ring (bicyclic) bond motifs is 1. The third-order valence-electron chi connectivity index (χ3n) is 5.04. The summed E-state index contributed by atoms with van der Waals surface area (Å²) in [4.78, 5) is 20.9. The third kappa shape index (κ3) is 4.40. The molecule has 4 nitrogen and oxygen atoms in total. The standard InChI is InChI=1S/C24H18F3N3O/c1-15(22-14-28-11-12-29-22)30-23(31)18-7-10-21-17(13-18)3-2-4-20(21)16-5-8-19(9-6-16)24(25,26)27/h2-15H,1H3,(H,30,31)/t15-/m0/s1. The normalized spacial score (nSPS) is 12.5. The molecule has 0 fully saturated rings. The first-order valence-corrected chi connectivity index (χ1v) is 9.60. The van der Waals surface area contributed by atoms with Crippen LogP contribution in [0.4, 0.5) is 13.2 Å². The molecule has 4 rings (SSSR count). The van der Waals surface area contributed by atoms with E-state index >= 15 is 0 Å². The number of carbonyl (C=O) groups excluding carboxylic acids is 1. The van der Waals surface area contributed by atoms with Gasteiger partial charge in [0.2, 0.25) is 0 Å². The number of rotatable bonds is 4. The lowest BCUT2D eigenvalue weighted by Crippen LogP contribution is -2.27. The van der Waals surface area contributed by atoms with Crippen molar-refractivity contribution >= 4 is 16.7 Å². The summed E-state index contributed by atoms with van der Waals surface area (Å²) in [7, 11) is 0. The smallest absolute Gasteiger partial charge is 0.344 e. The number of halogens is 3. The molecule has 1 N–H and O–H groups in total. The van der Waals surface area contributed by atoms with Crippen molar-refractivity contribution < 1.29 is 18.0 Å². The minimum atomic E-state index is -4.37. The number of aromatic nitrogens is 2. The number of carbonyl (C=O) groups is 1. The molecular formula is C24H18F3N3O. The Labute approximate surface area is 176 Å². The van der Waals surface area contributed by atoms with Crippen LogP contribution in [0.15, 0.2) is 79.3 Å². The van der Waals surface area contributed by atoms with E-state index in [4.69, 9.17) is 0 Å². The van der Waals surface area contributed by atoms with E-state index in [2.05, 4.69) is 15.3 Å². The van der Waals surface area contributed by atoms with Gasteiger partial charge in [-0.05, 0) is 53.1 Å². The quantitative estimate of drug-likeness (QED) is 0.453. The maximum atomic E-state index is 12.8. The Hall–Kier alpha value is -3.74. The van der Waals surface area contributed by atoms with Crippen LogP contribution >= 0.6 is 0 Å². The third-order valence-corrected chi connectivity index (χ3v) is 5.04. The molecule has 1 atom stereocenters. The molecule has 4 aromatic rings. The fourth-order valence-electron chi connectivity index (χ4n) is 3.40. The van der Waals surface area contributed by atoms with Gasteiger partial charge in [0.15, 0.2) is 0 Å². The van der Waals surface area contributed by atoms with E-state index in [1.165, 1.54) is 12.1 Å². The molecule has 0 spiro atoms. The van der Waals surface area contributed by atoms with Gasteiger partial charge in [0.25, 0.3) is 5.91 Å². The molecule has 0 saturated carbocycles. The first-order chi connectivity index (χ1) is 14.8. The molecule has 1 amide bonds. The molecule has 0 aliphatic heterocycles. The van der Waals surface area contributed by atoms with Gasteiger partial charge in [-0.25, -0.2) is 0 Å². The summed E-state index contributed by atoms with van der Waals surface area (Å²) in [5.74, 6) is -0.250. The van der Waals surface area contributed by atoms with Gasteiger partial charge in [-0.2, -0.15) is 13.2 Å². The second kappa shape index (κ2) is 8.18.